The molecule has 0 saturated heterocycles. The van der Waals surface area contributed by atoms with Crippen molar-refractivity contribution in [1.82, 2.24) is 0 Å². The van der Waals surface area contributed by atoms with Gasteiger partial charge in [0.05, 0.1) is 6.61 Å². The zero-order chi connectivity index (χ0) is 21.2. The number of carbonyl (C=O) groups excluding carboxylic acids is 2. The predicted octanol–water partition coefficient (Wildman–Crippen LogP) is 4.54. The number of hydrogen-bond acceptors (Lipinski definition) is 6. The Labute approximate surface area is 175 Å². The van der Waals surface area contributed by atoms with Crippen LogP contribution >= 0.6 is 0 Å². The zero-order valence-corrected chi connectivity index (χ0v) is 16.6. The Morgan fingerprint density at radius 2 is 1.23 bits per heavy atom. The van der Waals surface area contributed by atoms with Gasteiger partial charge in [-0.3, -0.25) is 0 Å². The van der Waals surface area contributed by atoms with Crippen LogP contribution in [-0.2, 0) is 4.74 Å². The molecule has 0 saturated carbocycles. The normalized spacial score (nSPS) is 10.2. The van der Waals surface area contributed by atoms with Crippen LogP contribution in [-0.4, -0.2) is 31.8 Å². The monoisotopic (exact) mass is 406 g/mol. The number of benzene rings is 3. The molecule has 0 spiro atoms. The van der Waals surface area contributed by atoms with Crippen LogP contribution in [0.15, 0.2) is 78.9 Å². The zero-order valence-electron chi connectivity index (χ0n) is 16.6. The fraction of sp³-hybridized carbons (Fsp3) is 0.167. The number of carbonyl (C=O) groups is 2. The minimum atomic E-state index is -0.633. The van der Waals surface area contributed by atoms with Crippen molar-refractivity contribution in [3.05, 3.63) is 90.0 Å². The van der Waals surface area contributed by atoms with Gasteiger partial charge in [0.15, 0.2) is 0 Å². The van der Waals surface area contributed by atoms with E-state index in [0.717, 1.165) is 5.75 Å². The van der Waals surface area contributed by atoms with Crippen molar-refractivity contribution in [3.63, 3.8) is 0 Å². The van der Waals surface area contributed by atoms with Crippen molar-refractivity contribution in [3.8, 4) is 17.2 Å². The van der Waals surface area contributed by atoms with Gasteiger partial charge < -0.3 is 18.9 Å². The molecule has 0 N–H and O–H groups in total. The number of para-hydroxylation sites is 3. The molecule has 0 aliphatic carbocycles. The highest BCUT2D eigenvalue weighted by atomic mass is 16.6. The van der Waals surface area contributed by atoms with Gasteiger partial charge in [-0.25, -0.2) is 9.59 Å². The van der Waals surface area contributed by atoms with Crippen LogP contribution in [0, 0.1) is 0 Å². The third kappa shape index (κ3) is 5.61. The molecular formula is C24H22O6. The molecule has 0 aliphatic rings. The lowest BCUT2D eigenvalue weighted by molar-refractivity contribution is 0.0520. The van der Waals surface area contributed by atoms with Crippen molar-refractivity contribution in [2.45, 2.75) is 6.92 Å². The second kappa shape index (κ2) is 10.7. The molecule has 0 fully saturated rings. The molecule has 3 rings (SSSR count). The van der Waals surface area contributed by atoms with Gasteiger partial charge >= 0.3 is 11.9 Å². The molecule has 30 heavy (non-hydrogen) atoms. The maximum absolute atomic E-state index is 12.7. The Hall–Kier alpha value is -3.80. The van der Waals surface area contributed by atoms with Gasteiger partial charge in [0.2, 0.25) is 0 Å². The smallest absolute Gasteiger partial charge is 0.347 e. The first-order valence-corrected chi connectivity index (χ1v) is 9.57. The second-order valence-corrected chi connectivity index (χ2v) is 6.11. The number of hydrogen-bond donors (Lipinski definition) is 0. The molecule has 0 amide bonds. The highest BCUT2D eigenvalue weighted by Gasteiger charge is 2.19. The van der Waals surface area contributed by atoms with E-state index < -0.39 is 11.9 Å². The van der Waals surface area contributed by atoms with Crippen LogP contribution in [0.5, 0.6) is 17.2 Å². The second-order valence-electron chi connectivity index (χ2n) is 6.11. The molecular weight excluding hydrogens is 384 g/mol. The lowest BCUT2D eigenvalue weighted by atomic mass is 10.2. The summed E-state index contributed by atoms with van der Waals surface area (Å²) in [7, 11) is 0. The molecule has 154 valence electrons. The Kier molecular flexibility index (Phi) is 7.44. The number of ether oxygens (including phenoxy) is 4. The van der Waals surface area contributed by atoms with E-state index in [9.17, 15) is 9.59 Å². The van der Waals surface area contributed by atoms with Crippen molar-refractivity contribution < 1.29 is 28.5 Å². The molecule has 0 unspecified atom stereocenters. The molecule has 6 nitrogen and oxygen atoms in total. The summed E-state index contributed by atoms with van der Waals surface area (Å²) in [5.74, 6) is 0.0510. The van der Waals surface area contributed by atoms with Crippen LogP contribution in [0.1, 0.15) is 27.6 Å². The van der Waals surface area contributed by atoms with Crippen molar-refractivity contribution >= 4 is 11.9 Å². The van der Waals surface area contributed by atoms with Gasteiger partial charge in [0.1, 0.15) is 41.6 Å². The van der Waals surface area contributed by atoms with Gasteiger partial charge in [0, 0.05) is 0 Å². The third-order valence-corrected chi connectivity index (χ3v) is 4.04. The first-order valence-electron chi connectivity index (χ1n) is 9.57. The summed E-state index contributed by atoms with van der Waals surface area (Å²) in [6.45, 7) is 2.50. The third-order valence-electron chi connectivity index (χ3n) is 4.04. The first-order chi connectivity index (χ1) is 14.7. The summed E-state index contributed by atoms with van der Waals surface area (Å²) in [5, 5.41) is 0. The maximum Gasteiger partial charge on any atom is 0.347 e. The molecule has 0 bridgehead atoms. The van der Waals surface area contributed by atoms with Crippen LogP contribution in [0.3, 0.4) is 0 Å². The molecule has 0 aromatic heterocycles. The fourth-order valence-electron chi connectivity index (χ4n) is 2.68. The summed E-state index contributed by atoms with van der Waals surface area (Å²) < 4.78 is 21.8. The molecule has 0 aliphatic heterocycles. The topological polar surface area (TPSA) is 71.1 Å². The SMILES string of the molecule is CCOC(=O)c1ccccc1OC(=O)c1ccccc1OCCOc1ccccc1. The predicted molar refractivity (Wildman–Crippen MR) is 111 cm³/mol. The molecule has 3 aromatic carbocycles. The highest BCUT2D eigenvalue weighted by Crippen LogP contribution is 2.24. The van der Waals surface area contributed by atoms with E-state index >= 15 is 0 Å². The van der Waals surface area contributed by atoms with Crippen molar-refractivity contribution in [2.24, 2.45) is 0 Å². The Balaban J connectivity index is 1.65. The minimum absolute atomic E-state index is 0.128. The minimum Gasteiger partial charge on any atom is -0.490 e. The lowest BCUT2D eigenvalue weighted by Crippen LogP contribution is -2.15. The molecule has 0 radical (unpaired) electrons. The van der Waals surface area contributed by atoms with E-state index in [1.54, 1.807) is 55.5 Å². The van der Waals surface area contributed by atoms with Crippen molar-refractivity contribution in [2.75, 3.05) is 19.8 Å². The molecule has 0 atom stereocenters. The van der Waals surface area contributed by atoms with E-state index in [-0.39, 0.29) is 30.1 Å². The summed E-state index contributed by atoms with van der Waals surface area (Å²) in [6.07, 6.45) is 0. The van der Waals surface area contributed by atoms with Crippen LogP contribution in [0.2, 0.25) is 0 Å². The molecule has 0 heterocycles. The summed E-state index contributed by atoms with van der Waals surface area (Å²) >= 11 is 0. The fourth-order valence-corrected chi connectivity index (χ4v) is 2.68. The molecule has 6 heteroatoms. The van der Waals surface area contributed by atoms with E-state index in [4.69, 9.17) is 18.9 Å². The maximum atomic E-state index is 12.7. The largest absolute Gasteiger partial charge is 0.490 e. The Morgan fingerprint density at radius 1 is 0.667 bits per heavy atom. The van der Waals surface area contributed by atoms with Crippen molar-refractivity contribution in [1.29, 1.82) is 0 Å². The number of esters is 2. The quantitative estimate of drug-likeness (QED) is 0.295. The average Bonchev–Trinajstić information content (AvgIpc) is 2.78. The van der Waals surface area contributed by atoms with E-state index in [2.05, 4.69) is 0 Å². The van der Waals surface area contributed by atoms with E-state index in [0.29, 0.717) is 12.4 Å². The van der Waals surface area contributed by atoms with Gasteiger partial charge in [0.25, 0.3) is 0 Å². The summed E-state index contributed by atoms with van der Waals surface area (Å²) in [4.78, 5) is 24.8. The average molecular weight is 406 g/mol. The van der Waals surface area contributed by atoms with Crippen LogP contribution in [0.4, 0.5) is 0 Å². The van der Waals surface area contributed by atoms with E-state index in [1.165, 1.54) is 0 Å². The van der Waals surface area contributed by atoms with Gasteiger partial charge in [-0.15, -0.1) is 0 Å². The highest BCUT2D eigenvalue weighted by molar-refractivity contribution is 5.97. The Morgan fingerprint density at radius 3 is 1.93 bits per heavy atom. The van der Waals surface area contributed by atoms with Gasteiger partial charge in [-0.1, -0.05) is 42.5 Å². The lowest BCUT2D eigenvalue weighted by Gasteiger charge is -2.13. The van der Waals surface area contributed by atoms with Crippen LogP contribution < -0.4 is 14.2 Å². The molecule has 3 aromatic rings. The Bertz CT molecular complexity index is 984. The summed E-state index contributed by atoms with van der Waals surface area (Å²) in [5.41, 5.74) is 0.429. The van der Waals surface area contributed by atoms with Gasteiger partial charge in [-0.2, -0.15) is 0 Å². The summed E-state index contributed by atoms with van der Waals surface area (Å²) in [6, 6.07) is 22.6. The first kappa shape index (κ1) is 20.9. The van der Waals surface area contributed by atoms with E-state index in [1.807, 2.05) is 30.3 Å². The van der Waals surface area contributed by atoms with Crippen LogP contribution in [0.25, 0.3) is 0 Å². The standard InChI is InChI=1S/C24H22O6/c1-2-27-23(25)20-13-7-9-15-22(20)30-24(26)19-12-6-8-14-21(19)29-17-16-28-18-10-4-3-5-11-18/h3-15H,2,16-17H2,1H3. The number of rotatable bonds is 9. The van der Waals surface area contributed by atoms with Gasteiger partial charge in [-0.05, 0) is 43.3 Å².